The topological polar surface area (TPSA) is 25.8 Å². The van der Waals surface area contributed by atoms with E-state index in [9.17, 15) is 0 Å². The highest BCUT2D eigenvalue weighted by Gasteiger charge is 2.15. The second-order valence-electron chi connectivity index (χ2n) is 5.96. The Balaban J connectivity index is 2.41. The first-order valence-corrected chi connectivity index (χ1v) is 7.27. The molecule has 3 rings (SSSR count). The molecular formula is C18H20N2. The summed E-state index contributed by atoms with van der Waals surface area (Å²) < 4.78 is 0. The Bertz CT molecular complexity index is 773. The molecule has 0 saturated carbocycles. The van der Waals surface area contributed by atoms with Crippen molar-refractivity contribution in [2.45, 2.75) is 39.5 Å². The molecule has 0 bridgehead atoms. The van der Waals surface area contributed by atoms with Crippen LogP contribution in [-0.4, -0.2) is 9.97 Å². The molecule has 0 saturated heterocycles. The summed E-state index contributed by atoms with van der Waals surface area (Å²) in [6.07, 6.45) is 0. The Morgan fingerprint density at radius 1 is 0.750 bits per heavy atom. The van der Waals surface area contributed by atoms with Crippen LogP contribution >= 0.6 is 0 Å². The fourth-order valence-electron chi connectivity index (χ4n) is 2.67. The molecule has 0 atom stereocenters. The van der Waals surface area contributed by atoms with Gasteiger partial charge in [-0.2, -0.15) is 0 Å². The van der Waals surface area contributed by atoms with Crippen LogP contribution in [0.1, 0.15) is 50.9 Å². The molecule has 1 heterocycles. The molecule has 0 aliphatic carbocycles. The number of benzene rings is 2. The standard InChI is InChI=1S/C18H20N2/c1-11(2)16-17(12(3)4)20-18-14-8-6-5-7-13(14)9-10-15(18)19-16/h5-12H,1-4H3. The Morgan fingerprint density at radius 2 is 1.40 bits per heavy atom. The van der Waals surface area contributed by atoms with Crippen LogP contribution in [0.25, 0.3) is 21.8 Å². The van der Waals surface area contributed by atoms with Crippen molar-refractivity contribution in [3.05, 3.63) is 47.8 Å². The normalized spacial score (nSPS) is 11.9. The Morgan fingerprint density at radius 3 is 2.10 bits per heavy atom. The maximum Gasteiger partial charge on any atom is 0.0968 e. The van der Waals surface area contributed by atoms with Crippen molar-refractivity contribution in [2.75, 3.05) is 0 Å². The highest BCUT2D eigenvalue weighted by Crippen LogP contribution is 2.28. The Labute approximate surface area is 119 Å². The van der Waals surface area contributed by atoms with Gasteiger partial charge in [-0.15, -0.1) is 0 Å². The second kappa shape index (κ2) is 4.86. The summed E-state index contributed by atoms with van der Waals surface area (Å²) in [6.45, 7) is 8.74. The Kier molecular flexibility index (Phi) is 3.17. The van der Waals surface area contributed by atoms with E-state index in [0.29, 0.717) is 11.8 Å². The van der Waals surface area contributed by atoms with Crippen LogP contribution in [0, 0.1) is 0 Å². The van der Waals surface area contributed by atoms with E-state index in [4.69, 9.17) is 9.97 Å². The first kappa shape index (κ1) is 13.0. The van der Waals surface area contributed by atoms with Crippen LogP contribution in [0.2, 0.25) is 0 Å². The summed E-state index contributed by atoms with van der Waals surface area (Å²) in [5, 5.41) is 2.41. The van der Waals surface area contributed by atoms with Gasteiger partial charge in [0.15, 0.2) is 0 Å². The molecule has 0 N–H and O–H groups in total. The molecule has 1 aromatic heterocycles. The molecule has 3 aromatic rings. The number of aromatic nitrogens is 2. The van der Waals surface area contributed by atoms with Gasteiger partial charge in [0.05, 0.1) is 22.4 Å². The van der Waals surface area contributed by atoms with Gasteiger partial charge in [-0.25, -0.2) is 9.97 Å². The molecule has 20 heavy (non-hydrogen) atoms. The van der Waals surface area contributed by atoms with Crippen LogP contribution in [0.3, 0.4) is 0 Å². The van der Waals surface area contributed by atoms with Gasteiger partial charge in [-0.1, -0.05) is 58.0 Å². The molecule has 0 aliphatic rings. The maximum atomic E-state index is 4.96. The zero-order chi connectivity index (χ0) is 14.3. The minimum Gasteiger partial charge on any atom is -0.249 e. The lowest BCUT2D eigenvalue weighted by Crippen LogP contribution is -2.06. The van der Waals surface area contributed by atoms with Crippen LogP contribution in [0.5, 0.6) is 0 Å². The third-order valence-corrected chi connectivity index (χ3v) is 3.71. The minimum atomic E-state index is 0.392. The molecule has 2 nitrogen and oxygen atoms in total. The largest absolute Gasteiger partial charge is 0.249 e. The SMILES string of the molecule is CC(C)c1nc2ccc3ccccc3c2nc1C(C)C. The van der Waals surface area contributed by atoms with Gasteiger partial charge >= 0.3 is 0 Å². The van der Waals surface area contributed by atoms with E-state index in [1.165, 1.54) is 10.8 Å². The van der Waals surface area contributed by atoms with Crippen molar-refractivity contribution < 1.29 is 0 Å². The van der Waals surface area contributed by atoms with Crippen LogP contribution in [0.15, 0.2) is 36.4 Å². The highest BCUT2D eigenvalue weighted by molar-refractivity contribution is 6.03. The van der Waals surface area contributed by atoms with E-state index in [0.717, 1.165) is 22.4 Å². The molecule has 2 aromatic carbocycles. The van der Waals surface area contributed by atoms with E-state index in [2.05, 4.69) is 64.1 Å². The third-order valence-electron chi connectivity index (χ3n) is 3.71. The van der Waals surface area contributed by atoms with Gasteiger partial charge in [-0.05, 0) is 23.3 Å². The number of rotatable bonds is 2. The average molecular weight is 264 g/mol. The van der Waals surface area contributed by atoms with Gasteiger partial charge in [-0.3, -0.25) is 0 Å². The molecule has 102 valence electrons. The van der Waals surface area contributed by atoms with E-state index < -0.39 is 0 Å². The van der Waals surface area contributed by atoms with E-state index in [-0.39, 0.29) is 0 Å². The van der Waals surface area contributed by atoms with Crippen molar-refractivity contribution in [1.29, 1.82) is 0 Å². The number of hydrogen-bond donors (Lipinski definition) is 0. The minimum absolute atomic E-state index is 0.392. The van der Waals surface area contributed by atoms with Gasteiger partial charge in [0.1, 0.15) is 0 Å². The van der Waals surface area contributed by atoms with E-state index in [1.807, 2.05) is 0 Å². The molecule has 0 amide bonds. The van der Waals surface area contributed by atoms with Crippen molar-refractivity contribution in [2.24, 2.45) is 0 Å². The van der Waals surface area contributed by atoms with Crippen molar-refractivity contribution in [1.82, 2.24) is 9.97 Å². The predicted molar refractivity (Wildman–Crippen MR) is 85.2 cm³/mol. The summed E-state index contributed by atoms with van der Waals surface area (Å²) in [4.78, 5) is 9.85. The summed E-state index contributed by atoms with van der Waals surface area (Å²) in [7, 11) is 0. The summed E-state index contributed by atoms with van der Waals surface area (Å²) >= 11 is 0. The fraction of sp³-hybridized carbons (Fsp3) is 0.333. The van der Waals surface area contributed by atoms with E-state index >= 15 is 0 Å². The van der Waals surface area contributed by atoms with Gasteiger partial charge in [0.25, 0.3) is 0 Å². The fourth-order valence-corrected chi connectivity index (χ4v) is 2.67. The zero-order valence-electron chi connectivity index (χ0n) is 12.5. The van der Waals surface area contributed by atoms with Crippen molar-refractivity contribution >= 4 is 21.8 Å². The molecule has 2 heteroatoms. The average Bonchev–Trinajstić information content (AvgIpc) is 2.45. The lowest BCUT2D eigenvalue weighted by molar-refractivity contribution is 0.738. The lowest BCUT2D eigenvalue weighted by Gasteiger charge is -2.15. The molecular weight excluding hydrogens is 244 g/mol. The summed E-state index contributed by atoms with van der Waals surface area (Å²) in [5.41, 5.74) is 4.28. The molecule has 0 unspecified atom stereocenters. The first-order valence-electron chi connectivity index (χ1n) is 7.27. The smallest absolute Gasteiger partial charge is 0.0968 e. The summed E-state index contributed by atoms with van der Waals surface area (Å²) in [6, 6.07) is 12.6. The number of hydrogen-bond acceptors (Lipinski definition) is 2. The lowest BCUT2D eigenvalue weighted by atomic mass is 9.99. The van der Waals surface area contributed by atoms with Gasteiger partial charge in [0.2, 0.25) is 0 Å². The number of fused-ring (bicyclic) bond motifs is 3. The van der Waals surface area contributed by atoms with Gasteiger partial charge < -0.3 is 0 Å². The first-order chi connectivity index (χ1) is 9.58. The zero-order valence-corrected chi connectivity index (χ0v) is 12.5. The van der Waals surface area contributed by atoms with Crippen molar-refractivity contribution in [3.8, 4) is 0 Å². The third kappa shape index (κ3) is 2.05. The second-order valence-corrected chi connectivity index (χ2v) is 5.96. The predicted octanol–water partition coefficient (Wildman–Crippen LogP) is 5.03. The molecule has 0 radical (unpaired) electrons. The highest BCUT2D eigenvalue weighted by atomic mass is 14.8. The quantitative estimate of drug-likeness (QED) is 0.607. The number of nitrogens with zero attached hydrogens (tertiary/aromatic N) is 2. The molecule has 0 spiro atoms. The Hall–Kier alpha value is -1.96. The van der Waals surface area contributed by atoms with Gasteiger partial charge in [0, 0.05) is 5.39 Å². The molecule has 0 aliphatic heterocycles. The van der Waals surface area contributed by atoms with Crippen molar-refractivity contribution in [3.63, 3.8) is 0 Å². The van der Waals surface area contributed by atoms with Crippen LogP contribution < -0.4 is 0 Å². The maximum absolute atomic E-state index is 4.96. The van der Waals surface area contributed by atoms with E-state index in [1.54, 1.807) is 0 Å². The summed E-state index contributed by atoms with van der Waals surface area (Å²) in [5.74, 6) is 0.791. The van der Waals surface area contributed by atoms with Crippen LogP contribution in [-0.2, 0) is 0 Å². The molecule has 0 fully saturated rings. The monoisotopic (exact) mass is 264 g/mol. The van der Waals surface area contributed by atoms with Crippen LogP contribution in [0.4, 0.5) is 0 Å².